The Morgan fingerprint density at radius 3 is 2.25 bits per heavy atom. The molecule has 2 aromatic rings. The summed E-state index contributed by atoms with van der Waals surface area (Å²) in [7, 11) is 0. The average Bonchev–Trinajstić information content (AvgIpc) is 2.61. The quantitative estimate of drug-likeness (QED) is 0.534. The lowest BCUT2D eigenvalue weighted by Gasteiger charge is -2.55. The van der Waals surface area contributed by atoms with Crippen LogP contribution in [0.25, 0.3) is 0 Å². The standard InChI is InChI=1S/C20H23NO2S/c22-19(12-11-17-7-3-1-4-8-17)15-21(23)14-13-20(21)24-16-18-9-5-2-6-10-18/h1-10,20H,11-16H2. The maximum Gasteiger partial charge on any atom is 0.187 e. The summed E-state index contributed by atoms with van der Waals surface area (Å²) in [5, 5.41) is 12.8. The highest BCUT2D eigenvalue weighted by Gasteiger charge is 2.40. The second-order valence-corrected chi connectivity index (χ2v) is 7.56. The van der Waals surface area contributed by atoms with Gasteiger partial charge in [0.05, 0.1) is 13.0 Å². The van der Waals surface area contributed by atoms with Crippen molar-refractivity contribution in [3.05, 3.63) is 77.0 Å². The Labute approximate surface area is 147 Å². The van der Waals surface area contributed by atoms with Crippen LogP contribution in [0.5, 0.6) is 0 Å². The third-order valence-electron chi connectivity index (χ3n) is 4.54. The van der Waals surface area contributed by atoms with Gasteiger partial charge in [0, 0.05) is 12.2 Å². The van der Waals surface area contributed by atoms with Gasteiger partial charge in [-0.05, 0) is 17.5 Å². The number of nitrogens with zero attached hydrogens (tertiary/aromatic N) is 1. The Morgan fingerprint density at radius 2 is 1.67 bits per heavy atom. The van der Waals surface area contributed by atoms with Gasteiger partial charge in [0.15, 0.2) is 5.78 Å². The minimum atomic E-state index is -0.342. The lowest BCUT2D eigenvalue weighted by molar-refractivity contribution is -0.922. The van der Waals surface area contributed by atoms with Crippen LogP contribution < -0.4 is 0 Å². The monoisotopic (exact) mass is 341 g/mol. The first kappa shape index (κ1) is 17.2. The summed E-state index contributed by atoms with van der Waals surface area (Å²) in [5.41, 5.74) is 2.39. The fourth-order valence-electron chi connectivity index (χ4n) is 3.00. The molecular weight excluding hydrogens is 318 g/mol. The molecule has 126 valence electrons. The summed E-state index contributed by atoms with van der Waals surface area (Å²) < 4.78 is -0.342. The summed E-state index contributed by atoms with van der Waals surface area (Å²) in [6, 6.07) is 20.2. The van der Waals surface area contributed by atoms with Crippen molar-refractivity contribution in [2.24, 2.45) is 0 Å². The molecule has 0 radical (unpaired) electrons. The molecular formula is C20H23NO2S. The topological polar surface area (TPSA) is 40.1 Å². The van der Waals surface area contributed by atoms with Crippen molar-refractivity contribution in [3.63, 3.8) is 0 Å². The zero-order chi connectivity index (χ0) is 16.8. The number of likely N-dealkylation sites (tertiary alicyclic amines) is 1. The van der Waals surface area contributed by atoms with E-state index in [1.807, 2.05) is 48.5 Å². The fourth-order valence-corrected chi connectivity index (χ4v) is 4.30. The van der Waals surface area contributed by atoms with Crippen molar-refractivity contribution in [3.8, 4) is 0 Å². The number of ketones is 1. The number of benzene rings is 2. The van der Waals surface area contributed by atoms with Crippen LogP contribution in [0.15, 0.2) is 60.7 Å². The first-order valence-electron chi connectivity index (χ1n) is 8.45. The summed E-state index contributed by atoms with van der Waals surface area (Å²) >= 11 is 1.69. The number of aryl methyl sites for hydroxylation is 1. The van der Waals surface area contributed by atoms with Gasteiger partial charge in [-0.25, -0.2) is 0 Å². The average molecular weight is 341 g/mol. The minimum Gasteiger partial charge on any atom is -0.632 e. The number of carbonyl (C=O) groups excluding carboxylic acids is 1. The highest BCUT2D eigenvalue weighted by atomic mass is 32.2. The van der Waals surface area contributed by atoms with Crippen molar-refractivity contribution in [2.75, 3.05) is 13.1 Å². The predicted octanol–water partition coefficient (Wildman–Crippen LogP) is 4.17. The van der Waals surface area contributed by atoms with Gasteiger partial charge >= 0.3 is 0 Å². The Kier molecular flexibility index (Phi) is 5.72. The van der Waals surface area contributed by atoms with Gasteiger partial charge < -0.3 is 9.85 Å². The molecule has 0 amide bonds. The molecule has 2 unspecified atom stereocenters. The summed E-state index contributed by atoms with van der Waals surface area (Å²) in [5.74, 6) is 0.922. The summed E-state index contributed by atoms with van der Waals surface area (Å²) in [6.45, 7) is 0.697. The zero-order valence-electron chi connectivity index (χ0n) is 13.8. The number of rotatable bonds is 8. The van der Waals surface area contributed by atoms with E-state index in [1.54, 1.807) is 11.8 Å². The number of hydrogen-bond acceptors (Lipinski definition) is 3. The van der Waals surface area contributed by atoms with Crippen LogP contribution in [-0.4, -0.2) is 28.9 Å². The van der Waals surface area contributed by atoms with E-state index in [2.05, 4.69) is 12.1 Å². The summed E-state index contributed by atoms with van der Waals surface area (Å²) in [6.07, 6.45) is 2.09. The van der Waals surface area contributed by atoms with Gasteiger partial charge in [-0.3, -0.25) is 4.79 Å². The predicted molar refractivity (Wildman–Crippen MR) is 99.3 cm³/mol. The third-order valence-corrected chi connectivity index (χ3v) is 6.05. The van der Waals surface area contributed by atoms with Gasteiger partial charge in [0.25, 0.3) is 0 Å². The number of thioether (sulfide) groups is 1. The Bertz CT molecular complexity index is 662. The zero-order valence-corrected chi connectivity index (χ0v) is 14.6. The maximum atomic E-state index is 12.8. The van der Waals surface area contributed by atoms with Gasteiger partial charge in [0.2, 0.25) is 0 Å². The van der Waals surface area contributed by atoms with E-state index in [1.165, 1.54) is 5.56 Å². The largest absolute Gasteiger partial charge is 0.632 e. The molecule has 0 aromatic heterocycles. The van der Waals surface area contributed by atoms with Crippen molar-refractivity contribution in [1.82, 2.24) is 0 Å². The fraction of sp³-hybridized carbons (Fsp3) is 0.350. The molecule has 0 N–H and O–H groups in total. The van der Waals surface area contributed by atoms with Gasteiger partial charge in [-0.1, -0.05) is 72.4 Å². The molecule has 1 aliphatic heterocycles. The molecule has 0 saturated carbocycles. The maximum absolute atomic E-state index is 12.8. The molecule has 2 atom stereocenters. The van der Waals surface area contributed by atoms with Crippen LogP contribution in [0.3, 0.4) is 0 Å². The number of hydroxylamine groups is 3. The molecule has 2 aromatic carbocycles. The highest BCUT2D eigenvalue weighted by molar-refractivity contribution is 7.99. The highest BCUT2D eigenvalue weighted by Crippen LogP contribution is 2.37. The molecule has 0 aliphatic carbocycles. The molecule has 0 spiro atoms. The van der Waals surface area contributed by atoms with Crippen molar-refractivity contribution in [2.45, 2.75) is 30.4 Å². The van der Waals surface area contributed by atoms with Gasteiger partial charge in [0.1, 0.15) is 11.9 Å². The van der Waals surface area contributed by atoms with Crippen LogP contribution in [0, 0.1) is 5.21 Å². The third kappa shape index (κ3) is 4.47. The van der Waals surface area contributed by atoms with E-state index in [4.69, 9.17) is 0 Å². The van der Waals surface area contributed by atoms with E-state index in [9.17, 15) is 10.0 Å². The second kappa shape index (κ2) is 7.97. The van der Waals surface area contributed by atoms with Crippen molar-refractivity contribution < 1.29 is 9.44 Å². The Hall–Kier alpha value is -1.62. The number of hydrogen-bond donors (Lipinski definition) is 0. The van der Waals surface area contributed by atoms with Crippen LogP contribution in [0.2, 0.25) is 0 Å². The summed E-state index contributed by atoms with van der Waals surface area (Å²) in [4.78, 5) is 12.2. The smallest absolute Gasteiger partial charge is 0.187 e. The van der Waals surface area contributed by atoms with Crippen LogP contribution >= 0.6 is 11.8 Å². The molecule has 3 nitrogen and oxygen atoms in total. The molecule has 3 rings (SSSR count). The van der Waals surface area contributed by atoms with Crippen molar-refractivity contribution in [1.29, 1.82) is 0 Å². The molecule has 1 heterocycles. The van der Waals surface area contributed by atoms with Crippen LogP contribution in [0.1, 0.15) is 24.0 Å². The van der Waals surface area contributed by atoms with E-state index >= 15 is 0 Å². The molecule has 1 saturated heterocycles. The number of quaternary nitrogens is 1. The Morgan fingerprint density at radius 1 is 1.04 bits per heavy atom. The van der Waals surface area contributed by atoms with Crippen LogP contribution in [0.4, 0.5) is 0 Å². The normalized spacial score (nSPS) is 22.8. The lowest BCUT2D eigenvalue weighted by atomic mass is 10.1. The molecule has 1 fully saturated rings. The van der Waals surface area contributed by atoms with E-state index in [0.29, 0.717) is 13.0 Å². The minimum absolute atomic E-state index is 0.00545. The number of carbonyl (C=O) groups is 1. The number of Topliss-reactive ketones (excluding diaryl/α,β-unsaturated/α-hetero) is 1. The van der Waals surface area contributed by atoms with E-state index in [0.717, 1.165) is 24.2 Å². The van der Waals surface area contributed by atoms with Crippen molar-refractivity contribution >= 4 is 17.5 Å². The first-order chi connectivity index (χ1) is 11.7. The van der Waals surface area contributed by atoms with Gasteiger partial charge in [-0.2, -0.15) is 0 Å². The second-order valence-electron chi connectivity index (χ2n) is 6.40. The molecule has 4 heteroatoms. The first-order valence-corrected chi connectivity index (χ1v) is 9.49. The van der Waals surface area contributed by atoms with E-state index in [-0.39, 0.29) is 22.3 Å². The Balaban J connectivity index is 1.46. The molecule has 0 bridgehead atoms. The lowest BCUT2D eigenvalue weighted by Crippen LogP contribution is -2.61. The van der Waals surface area contributed by atoms with Crippen LogP contribution in [-0.2, 0) is 17.0 Å². The van der Waals surface area contributed by atoms with E-state index < -0.39 is 0 Å². The molecule has 24 heavy (non-hydrogen) atoms. The SMILES string of the molecule is O=C(CCc1ccccc1)C[N+]1([O-])CCC1SCc1ccccc1. The van der Waals surface area contributed by atoms with Gasteiger partial charge in [-0.15, -0.1) is 0 Å². The molecule has 1 aliphatic rings.